The molecule has 21 heavy (non-hydrogen) atoms. The largest absolute Gasteiger partial charge is 0.490 e. The fourth-order valence-corrected chi connectivity index (χ4v) is 2.39. The third-order valence-corrected chi connectivity index (χ3v) is 3.52. The molecular formula is C14H25N5O2. The SMILES string of the molecule is CCNc1ncnc(NCC2CN(CC)CCO2)c1OC. The number of rotatable bonds is 7. The number of anilines is 2. The summed E-state index contributed by atoms with van der Waals surface area (Å²) in [4.78, 5) is 10.8. The second-order valence-corrected chi connectivity index (χ2v) is 4.90. The fraction of sp³-hybridized carbons (Fsp3) is 0.714. The van der Waals surface area contributed by atoms with Crippen molar-refractivity contribution in [2.45, 2.75) is 20.0 Å². The van der Waals surface area contributed by atoms with Gasteiger partial charge in [0.1, 0.15) is 6.33 Å². The molecule has 0 bridgehead atoms. The highest BCUT2D eigenvalue weighted by atomic mass is 16.5. The molecule has 0 amide bonds. The molecule has 118 valence electrons. The molecule has 0 aromatic carbocycles. The highest BCUT2D eigenvalue weighted by Gasteiger charge is 2.20. The molecule has 1 fully saturated rings. The van der Waals surface area contributed by atoms with Gasteiger partial charge < -0.3 is 20.1 Å². The molecule has 1 atom stereocenters. The molecule has 0 saturated carbocycles. The highest BCUT2D eigenvalue weighted by Crippen LogP contribution is 2.28. The summed E-state index contributed by atoms with van der Waals surface area (Å²) in [6.07, 6.45) is 1.70. The van der Waals surface area contributed by atoms with Crippen LogP contribution >= 0.6 is 0 Å². The summed E-state index contributed by atoms with van der Waals surface area (Å²) in [5.74, 6) is 2.04. The standard InChI is InChI=1S/C14H25N5O2/c1-4-15-13-12(20-3)14(18-10-17-13)16-8-11-9-19(5-2)6-7-21-11/h10-11H,4-9H2,1-3H3,(H2,15,16,17,18). The Morgan fingerprint density at radius 3 is 2.76 bits per heavy atom. The third kappa shape index (κ3) is 4.18. The van der Waals surface area contributed by atoms with Crippen molar-refractivity contribution in [2.75, 3.05) is 57.1 Å². The zero-order chi connectivity index (χ0) is 15.1. The first-order valence-corrected chi connectivity index (χ1v) is 7.49. The lowest BCUT2D eigenvalue weighted by Gasteiger charge is -2.32. The molecule has 0 spiro atoms. The van der Waals surface area contributed by atoms with E-state index in [0.717, 1.165) is 32.8 Å². The smallest absolute Gasteiger partial charge is 0.204 e. The van der Waals surface area contributed by atoms with E-state index in [1.165, 1.54) is 6.33 Å². The Bertz CT molecular complexity index is 443. The van der Waals surface area contributed by atoms with Crippen LogP contribution in [0.1, 0.15) is 13.8 Å². The lowest BCUT2D eigenvalue weighted by molar-refractivity contribution is -0.0192. The van der Waals surface area contributed by atoms with Gasteiger partial charge in [0.25, 0.3) is 0 Å². The van der Waals surface area contributed by atoms with Crippen LogP contribution in [0.15, 0.2) is 6.33 Å². The first kappa shape index (κ1) is 15.8. The van der Waals surface area contributed by atoms with Crippen molar-refractivity contribution in [1.29, 1.82) is 0 Å². The van der Waals surface area contributed by atoms with Gasteiger partial charge in [-0.15, -0.1) is 0 Å². The molecule has 0 aliphatic carbocycles. The maximum Gasteiger partial charge on any atom is 0.204 e. The van der Waals surface area contributed by atoms with Gasteiger partial charge in [-0.1, -0.05) is 6.92 Å². The van der Waals surface area contributed by atoms with Gasteiger partial charge in [0, 0.05) is 26.2 Å². The van der Waals surface area contributed by atoms with E-state index in [1.54, 1.807) is 7.11 Å². The van der Waals surface area contributed by atoms with Gasteiger partial charge >= 0.3 is 0 Å². The fourth-order valence-electron chi connectivity index (χ4n) is 2.39. The first-order valence-electron chi connectivity index (χ1n) is 7.49. The Labute approximate surface area is 126 Å². The van der Waals surface area contributed by atoms with Crippen LogP contribution in [0.25, 0.3) is 0 Å². The van der Waals surface area contributed by atoms with E-state index in [0.29, 0.717) is 23.9 Å². The molecule has 0 radical (unpaired) electrons. The van der Waals surface area contributed by atoms with Crippen molar-refractivity contribution < 1.29 is 9.47 Å². The Morgan fingerprint density at radius 2 is 2.10 bits per heavy atom. The quantitative estimate of drug-likeness (QED) is 0.779. The van der Waals surface area contributed by atoms with E-state index in [4.69, 9.17) is 9.47 Å². The Balaban J connectivity index is 1.97. The topological polar surface area (TPSA) is 71.5 Å². The van der Waals surface area contributed by atoms with E-state index in [1.807, 2.05) is 6.92 Å². The normalized spacial score (nSPS) is 19.3. The van der Waals surface area contributed by atoms with Crippen LogP contribution in [-0.2, 0) is 4.74 Å². The molecule has 1 aromatic heterocycles. The molecule has 2 N–H and O–H groups in total. The summed E-state index contributed by atoms with van der Waals surface area (Å²) < 4.78 is 11.2. The molecule has 7 heteroatoms. The van der Waals surface area contributed by atoms with Crippen molar-refractivity contribution >= 4 is 11.6 Å². The van der Waals surface area contributed by atoms with Gasteiger partial charge in [0.15, 0.2) is 11.6 Å². The Hall–Kier alpha value is -1.60. The van der Waals surface area contributed by atoms with Gasteiger partial charge in [-0.3, -0.25) is 4.90 Å². The zero-order valence-electron chi connectivity index (χ0n) is 13.1. The Morgan fingerprint density at radius 1 is 1.33 bits per heavy atom. The van der Waals surface area contributed by atoms with Crippen molar-refractivity contribution in [2.24, 2.45) is 0 Å². The molecule has 2 heterocycles. The summed E-state index contributed by atoms with van der Waals surface area (Å²) in [7, 11) is 1.63. The number of likely N-dealkylation sites (N-methyl/N-ethyl adjacent to an activating group) is 1. The maximum atomic E-state index is 5.78. The van der Waals surface area contributed by atoms with E-state index in [9.17, 15) is 0 Å². The molecule has 1 aliphatic heterocycles. The zero-order valence-corrected chi connectivity index (χ0v) is 13.1. The van der Waals surface area contributed by atoms with E-state index in [-0.39, 0.29) is 6.10 Å². The molecule has 2 rings (SSSR count). The molecule has 1 aromatic rings. The van der Waals surface area contributed by atoms with Crippen LogP contribution in [-0.4, -0.2) is 67.4 Å². The molecule has 1 unspecified atom stereocenters. The van der Waals surface area contributed by atoms with Crippen LogP contribution in [0.4, 0.5) is 11.6 Å². The van der Waals surface area contributed by atoms with Crippen molar-refractivity contribution in [3.63, 3.8) is 0 Å². The minimum atomic E-state index is 0.168. The Kier molecular flexibility index (Phi) is 6.01. The summed E-state index contributed by atoms with van der Waals surface area (Å²) in [5, 5.41) is 6.48. The number of morpholine rings is 1. The van der Waals surface area contributed by atoms with Gasteiger partial charge in [-0.05, 0) is 13.5 Å². The number of nitrogens with one attached hydrogen (secondary N) is 2. The summed E-state index contributed by atoms with van der Waals surface area (Å²) in [6.45, 7) is 9.46. The number of hydrogen-bond donors (Lipinski definition) is 2. The van der Waals surface area contributed by atoms with Gasteiger partial charge in [-0.2, -0.15) is 0 Å². The number of aromatic nitrogens is 2. The summed E-state index contributed by atoms with van der Waals surface area (Å²) >= 11 is 0. The number of hydrogen-bond acceptors (Lipinski definition) is 7. The van der Waals surface area contributed by atoms with E-state index < -0.39 is 0 Å². The molecule has 7 nitrogen and oxygen atoms in total. The second kappa shape index (κ2) is 7.99. The van der Waals surface area contributed by atoms with Crippen LogP contribution in [0.3, 0.4) is 0 Å². The summed E-state index contributed by atoms with van der Waals surface area (Å²) in [5.41, 5.74) is 0. The number of methoxy groups -OCH3 is 1. The van der Waals surface area contributed by atoms with Gasteiger partial charge in [-0.25, -0.2) is 9.97 Å². The lowest BCUT2D eigenvalue weighted by Crippen LogP contribution is -2.45. The second-order valence-electron chi connectivity index (χ2n) is 4.90. The average Bonchev–Trinajstić information content (AvgIpc) is 2.53. The minimum absolute atomic E-state index is 0.168. The first-order chi connectivity index (χ1) is 10.3. The van der Waals surface area contributed by atoms with E-state index >= 15 is 0 Å². The average molecular weight is 295 g/mol. The van der Waals surface area contributed by atoms with Gasteiger partial charge in [0.2, 0.25) is 5.75 Å². The van der Waals surface area contributed by atoms with Crippen LogP contribution in [0, 0.1) is 0 Å². The van der Waals surface area contributed by atoms with E-state index in [2.05, 4.69) is 32.4 Å². The van der Waals surface area contributed by atoms with Crippen molar-refractivity contribution in [3.05, 3.63) is 6.33 Å². The third-order valence-electron chi connectivity index (χ3n) is 3.52. The molecule has 1 saturated heterocycles. The monoisotopic (exact) mass is 295 g/mol. The van der Waals surface area contributed by atoms with Gasteiger partial charge in [0.05, 0.1) is 19.8 Å². The minimum Gasteiger partial charge on any atom is -0.490 e. The summed E-state index contributed by atoms with van der Waals surface area (Å²) in [6, 6.07) is 0. The van der Waals surface area contributed by atoms with Crippen molar-refractivity contribution in [3.8, 4) is 5.75 Å². The predicted octanol–water partition coefficient (Wildman–Crippen LogP) is 1.05. The number of ether oxygens (including phenoxy) is 2. The van der Waals surface area contributed by atoms with Crippen LogP contribution in [0.5, 0.6) is 5.75 Å². The molecular weight excluding hydrogens is 270 g/mol. The number of nitrogens with zero attached hydrogens (tertiary/aromatic N) is 3. The van der Waals surface area contributed by atoms with Crippen molar-refractivity contribution in [1.82, 2.24) is 14.9 Å². The lowest BCUT2D eigenvalue weighted by atomic mass is 10.2. The van der Waals surface area contributed by atoms with Crippen LogP contribution in [0.2, 0.25) is 0 Å². The van der Waals surface area contributed by atoms with Crippen LogP contribution < -0.4 is 15.4 Å². The molecule has 1 aliphatic rings. The predicted molar refractivity (Wildman–Crippen MR) is 83.1 cm³/mol. The highest BCUT2D eigenvalue weighted by molar-refractivity contribution is 5.63. The maximum absolute atomic E-state index is 5.78.